The minimum absolute atomic E-state index is 0.0251. The smallest absolute Gasteiger partial charge is 0.364 e. The van der Waals surface area contributed by atoms with Crippen LogP contribution in [0.1, 0.15) is 41.4 Å². The summed E-state index contributed by atoms with van der Waals surface area (Å²) in [5, 5.41) is 2.39. The van der Waals surface area contributed by atoms with Crippen molar-refractivity contribution >= 4 is 17.5 Å². The van der Waals surface area contributed by atoms with Gasteiger partial charge in [0.15, 0.2) is 17.2 Å². The molecule has 3 rings (SSSR count). The Bertz CT molecular complexity index is 1080. The van der Waals surface area contributed by atoms with Gasteiger partial charge in [-0.25, -0.2) is 8.78 Å². The van der Waals surface area contributed by atoms with Gasteiger partial charge in [0.05, 0.1) is 0 Å². The fourth-order valence-corrected chi connectivity index (χ4v) is 3.91. The van der Waals surface area contributed by atoms with Crippen molar-refractivity contribution in [2.75, 3.05) is 5.32 Å². The predicted octanol–water partition coefficient (Wildman–Crippen LogP) is 3.85. The molecule has 1 aliphatic heterocycles. The highest BCUT2D eigenvalue weighted by Gasteiger charge is 2.65. The number of ether oxygens (including phenoxy) is 1. The highest BCUT2D eigenvalue weighted by Crippen LogP contribution is 2.54. The number of nitrogens with one attached hydrogen (secondary N) is 1. The van der Waals surface area contributed by atoms with Crippen molar-refractivity contribution < 1.29 is 36.3 Å². The van der Waals surface area contributed by atoms with E-state index in [0.29, 0.717) is 0 Å². The van der Waals surface area contributed by atoms with E-state index in [9.17, 15) is 31.5 Å². The number of carbonyl (C=O) groups excluding carboxylic acids is 2. The molecule has 0 spiro atoms. The van der Waals surface area contributed by atoms with Crippen LogP contribution < -0.4 is 11.1 Å². The van der Waals surface area contributed by atoms with Crippen LogP contribution in [0.25, 0.3) is 0 Å². The summed E-state index contributed by atoms with van der Waals surface area (Å²) in [7, 11) is 0. The zero-order valence-electron chi connectivity index (χ0n) is 17.3. The molecule has 1 fully saturated rings. The van der Waals surface area contributed by atoms with Gasteiger partial charge in [0, 0.05) is 23.7 Å². The Kier molecular flexibility index (Phi) is 5.98. The Morgan fingerprint density at radius 1 is 1.22 bits per heavy atom. The molecule has 4 atom stereocenters. The van der Waals surface area contributed by atoms with Crippen molar-refractivity contribution in [3.05, 3.63) is 58.9 Å². The second-order valence-electron chi connectivity index (χ2n) is 7.82. The molecule has 2 heterocycles. The van der Waals surface area contributed by atoms with Gasteiger partial charge >= 0.3 is 6.18 Å². The van der Waals surface area contributed by atoms with Gasteiger partial charge in [-0.3, -0.25) is 14.6 Å². The number of pyridine rings is 1. The van der Waals surface area contributed by atoms with E-state index in [1.54, 1.807) is 0 Å². The Morgan fingerprint density at radius 2 is 1.88 bits per heavy atom. The van der Waals surface area contributed by atoms with E-state index in [2.05, 4.69) is 10.3 Å². The molecule has 0 aliphatic carbocycles. The van der Waals surface area contributed by atoms with Crippen LogP contribution in [-0.2, 0) is 9.53 Å². The number of alkyl halides is 3. The van der Waals surface area contributed by atoms with Gasteiger partial charge in [-0.15, -0.1) is 0 Å². The van der Waals surface area contributed by atoms with Crippen molar-refractivity contribution in [3.63, 3.8) is 0 Å². The summed E-state index contributed by atoms with van der Waals surface area (Å²) >= 11 is 0. The fourth-order valence-electron chi connectivity index (χ4n) is 3.91. The summed E-state index contributed by atoms with van der Waals surface area (Å²) in [4.78, 5) is 28.0. The monoisotopic (exact) mass is 457 g/mol. The van der Waals surface area contributed by atoms with Crippen molar-refractivity contribution in [1.82, 2.24) is 4.98 Å². The first-order valence-electron chi connectivity index (χ1n) is 9.53. The molecule has 2 amide bonds. The average molecular weight is 457 g/mol. The summed E-state index contributed by atoms with van der Waals surface area (Å²) in [6, 6.07) is 4.41. The standard InChI is InChI=1S/C21H20F5N3O3/c1-9-12(4-5-13(22)16(9)23)15-10(2)20(3,21(24,25)26)32-17(15)19(31)29-11-6-7-28-14(8-11)18(27)30/h4-8,10,15,17H,1-3H3,(H2,27,30)(H,28,29,31)/t10-,15+,17+,20-/m1/s1. The number of aromatic nitrogens is 1. The van der Waals surface area contributed by atoms with E-state index in [1.165, 1.54) is 26.1 Å². The Labute approximate surface area is 180 Å². The van der Waals surface area contributed by atoms with E-state index in [0.717, 1.165) is 25.1 Å². The second-order valence-corrected chi connectivity index (χ2v) is 7.82. The highest BCUT2D eigenvalue weighted by molar-refractivity contribution is 5.97. The summed E-state index contributed by atoms with van der Waals surface area (Å²) in [5.74, 6) is -6.76. The average Bonchev–Trinajstić information content (AvgIpc) is 2.99. The van der Waals surface area contributed by atoms with Gasteiger partial charge in [0.25, 0.3) is 11.8 Å². The second kappa shape index (κ2) is 8.12. The van der Waals surface area contributed by atoms with Crippen LogP contribution in [0.4, 0.5) is 27.6 Å². The molecular weight excluding hydrogens is 437 g/mol. The molecule has 1 aromatic carbocycles. The van der Waals surface area contributed by atoms with Gasteiger partial charge < -0.3 is 15.8 Å². The summed E-state index contributed by atoms with van der Waals surface area (Å²) in [5.41, 5.74) is 2.11. The number of nitrogens with zero attached hydrogens (tertiary/aromatic N) is 1. The quantitative estimate of drug-likeness (QED) is 0.682. The summed E-state index contributed by atoms with van der Waals surface area (Å²) in [6.45, 7) is 3.27. The third kappa shape index (κ3) is 3.92. The largest absolute Gasteiger partial charge is 0.417 e. The first-order valence-corrected chi connectivity index (χ1v) is 9.53. The number of hydrogen-bond acceptors (Lipinski definition) is 4. The molecule has 0 bridgehead atoms. The maximum Gasteiger partial charge on any atom is 0.417 e. The predicted molar refractivity (Wildman–Crippen MR) is 104 cm³/mol. The van der Waals surface area contributed by atoms with Crippen molar-refractivity contribution in [1.29, 1.82) is 0 Å². The van der Waals surface area contributed by atoms with Gasteiger partial charge in [-0.05, 0) is 43.2 Å². The zero-order valence-corrected chi connectivity index (χ0v) is 17.3. The lowest BCUT2D eigenvalue weighted by Gasteiger charge is -2.32. The highest BCUT2D eigenvalue weighted by atomic mass is 19.4. The van der Waals surface area contributed by atoms with Crippen LogP contribution in [0.3, 0.4) is 0 Å². The zero-order chi connectivity index (χ0) is 24.0. The summed E-state index contributed by atoms with van der Waals surface area (Å²) < 4.78 is 74.7. The van der Waals surface area contributed by atoms with Gasteiger partial charge in [0.2, 0.25) is 0 Å². The van der Waals surface area contributed by atoms with Gasteiger partial charge in [-0.2, -0.15) is 13.2 Å². The van der Waals surface area contributed by atoms with E-state index in [1.807, 2.05) is 0 Å². The van der Waals surface area contributed by atoms with Crippen LogP contribution in [-0.4, -0.2) is 34.7 Å². The molecule has 6 nitrogen and oxygen atoms in total. The van der Waals surface area contributed by atoms with E-state index in [4.69, 9.17) is 10.5 Å². The lowest BCUT2D eigenvalue weighted by molar-refractivity contribution is -0.272. The topological polar surface area (TPSA) is 94.3 Å². The van der Waals surface area contributed by atoms with Crippen LogP contribution in [0.15, 0.2) is 30.5 Å². The van der Waals surface area contributed by atoms with Crippen molar-refractivity contribution in [2.24, 2.45) is 11.7 Å². The SMILES string of the molecule is Cc1c([C@H]2[C@@H](C(=O)Nc3ccnc(C(N)=O)c3)O[C@@](C)(C(F)(F)F)[C@@H]2C)ccc(F)c1F. The number of halogens is 5. The molecular formula is C21H20F5N3O3. The minimum atomic E-state index is -4.85. The van der Waals surface area contributed by atoms with Crippen molar-refractivity contribution in [3.8, 4) is 0 Å². The molecule has 1 saturated heterocycles. The number of anilines is 1. The van der Waals surface area contributed by atoms with E-state index in [-0.39, 0.29) is 22.5 Å². The van der Waals surface area contributed by atoms with Crippen LogP contribution >= 0.6 is 0 Å². The maximum absolute atomic E-state index is 14.2. The third-order valence-corrected chi connectivity index (χ3v) is 5.95. The first kappa shape index (κ1) is 23.6. The molecule has 2 aromatic rings. The number of nitrogens with two attached hydrogens (primary N) is 1. The molecule has 0 radical (unpaired) electrons. The van der Waals surface area contributed by atoms with E-state index >= 15 is 0 Å². The molecule has 32 heavy (non-hydrogen) atoms. The van der Waals surface area contributed by atoms with Crippen LogP contribution in [0.5, 0.6) is 0 Å². The third-order valence-electron chi connectivity index (χ3n) is 5.95. The number of hydrogen-bond donors (Lipinski definition) is 2. The number of primary amides is 1. The number of carbonyl (C=O) groups is 2. The maximum atomic E-state index is 14.2. The minimum Gasteiger partial charge on any atom is -0.364 e. The van der Waals surface area contributed by atoms with Crippen molar-refractivity contribution in [2.45, 2.75) is 44.6 Å². The Hall–Kier alpha value is -3.08. The Morgan fingerprint density at radius 3 is 2.47 bits per heavy atom. The first-order chi connectivity index (χ1) is 14.8. The molecule has 0 saturated carbocycles. The molecule has 3 N–H and O–H groups in total. The number of amides is 2. The molecule has 172 valence electrons. The number of benzene rings is 1. The molecule has 11 heteroatoms. The Balaban J connectivity index is 2.05. The van der Waals surface area contributed by atoms with E-state index < -0.39 is 53.2 Å². The van der Waals surface area contributed by atoms with Crippen LogP contribution in [0, 0.1) is 24.5 Å². The van der Waals surface area contributed by atoms with Gasteiger partial charge in [0.1, 0.15) is 11.8 Å². The lowest BCUT2D eigenvalue weighted by Crippen LogP contribution is -2.47. The molecule has 1 aliphatic rings. The molecule has 0 unspecified atom stereocenters. The molecule has 1 aromatic heterocycles. The fraction of sp³-hybridized carbons (Fsp3) is 0.381. The lowest BCUT2D eigenvalue weighted by atomic mass is 9.76. The van der Waals surface area contributed by atoms with Gasteiger partial charge in [-0.1, -0.05) is 13.0 Å². The number of rotatable bonds is 4. The summed E-state index contributed by atoms with van der Waals surface area (Å²) in [6.07, 6.45) is -5.35. The normalized spacial score (nSPS) is 25.6. The van der Waals surface area contributed by atoms with Crippen LogP contribution in [0.2, 0.25) is 0 Å².